The summed E-state index contributed by atoms with van der Waals surface area (Å²) in [5.41, 5.74) is 1.93. The van der Waals surface area contributed by atoms with Crippen LogP contribution in [0, 0.1) is 6.07 Å². The van der Waals surface area contributed by atoms with E-state index in [9.17, 15) is 4.79 Å². The maximum absolute atomic E-state index is 10.0. The van der Waals surface area contributed by atoms with Crippen LogP contribution in [0.5, 0.6) is 5.75 Å². The number of pyridine rings is 1. The fourth-order valence-corrected chi connectivity index (χ4v) is 2.31. The standard InChI is InChI=1S/C16H12NO.C5H8O2.Ir/c1-18-14-8-6-13(7-9-14)16-15-5-3-2-4-12(15)10-11-17-16;1-4(6)3-5(2)7;/h2-6,8-11H,1H3;3,6H,1-2H3;/q-1;;/b;4-3-;. The molecule has 4 nitrogen and oxygen atoms in total. The Kier molecular flexibility index (Phi) is 8.69. The van der Waals surface area contributed by atoms with Gasteiger partial charge in [-0.15, -0.1) is 29.8 Å². The Hall–Kier alpha value is -2.49. The number of hydrogen-bond acceptors (Lipinski definition) is 4. The van der Waals surface area contributed by atoms with Crippen LogP contribution in [-0.2, 0) is 24.9 Å². The van der Waals surface area contributed by atoms with Gasteiger partial charge >= 0.3 is 0 Å². The molecule has 0 amide bonds. The predicted molar refractivity (Wildman–Crippen MR) is 99.6 cm³/mol. The molecule has 0 aliphatic rings. The van der Waals surface area contributed by atoms with Crippen LogP contribution in [0.4, 0.5) is 0 Å². The molecule has 0 saturated carbocycles. The molecule has 2 aromatic carbocycles. The molecule has 1 aromatic heterocycles. The molecule has 5 heteroatoms. The molecule has 0 aliphatic carbocycles. The van der Waals surface area contributed by atoms with Crippen molar-refractivity contribution in [3.05, 3.63) is 72.6 Å². The zero-order chi connectivity index (χ0) is 18.2. The number of methoxy groups -OCH3 is 1. The fraction of sp³-hybridized carbons (Fsp3) is 0.143. The molecule has 0 spiro atoms. The van der Waals surface area contributed by atoms with E-state index in [4.69, 9.17) is 9.84 Å². The Morgan fingerprint density at radius 2 is 1.88 bits per heavy atom. The number of carbonyl (C=O) groups excluding carboxylic acids is 1. The van der Waals surface area contributed by atoms with Crippen molar-refractivity contribution in [3.8, 4) is 17.0 Å². The van der Waals surface area contributed by atoms with Crippen molar-refractivity contribution in [2.75, 3.05) is 7.11 Å². The van der Waals surface area contributed by atoms with E-state index < -0.39 is 0 Å². The molecule has 3 rings (SSSR count). The number of ketones is 1. The summed E-state index contributed by atoms with van der Waals surface area (Å²) >= 11 is 0. The van der Waals surface area contributed by atoms with Crippen LogP contribution in [0.3, 0.4) is 0 Å². The van der Waals surface area contributed by atoms with Crippen LogP contribution in [0.15, 0.2) is 66.6 Å². The minimum Gasteiger partial charge on any atom is -0.540 e. The molecule has 1 heterocycles. The van der Waals surface area contributed by atoms with Gasteiger partial charge in [0.05, 0.1) is 12.9 Å². The van der Waals surface area contributed by atoms with Crippen molar-refractivity contribution in [2.24, 2.45) is 0 Å². The number of fused-ring (bicyclic) bond motifs is 1. The Labute approximate surface area is 166 Å². The maximum Gasteiger partial charge on any atom is 0.155 e. The SMILES string of the molecule is CC(=O)/C=C(/C)O.COc1c[c-]c(-c2nccc3ccccc23)cc1.[Ir]. The van der Waals surface area contributed by atoms with Gasteiger partial charge in [0.2, 0.25) is 0 Å². The van der Waals surface area contributed by atoms with Crippen LogP contribution in [0.25, 0.3) is 22.0 Å². The minimum absolute atomic E-state index is 0. The van der Waals surface area contributed by atoms with Crippen molar-refractivity contribution < 1.29 is 34.7 Å². The van der Waals surface area contributed by atoms with Crippen LogP contribution in [0.2, 0.25) is 0 Å². The largest absolute Gasteiger partial charge is 0.540 e. The van der Waals surface area contributed by atoms with Crippen LogP contribution < -0.4 is 4.74 Å². The number of allylic oxidation sites excluding steroid dienone is 2. The van der Waals surface area contributed by atoms with Gasteiger partial charge in [0, 0.05) is 38.1 Å². The van der Waals surface area contributed by atoms with Gasteiger partial charge < -0.3 is 14.8 Å². The number of rotatable bonds is 3. The maximum atomic E-state index is 10.0. The van der Waals surface area contributed by atoms with Gasteiger partial charge in [0.15, 0.2) is 5.78 Å². The number of aliphatic hydroxyl groups is 1. The Morgan fingerprint density at radius 1 is 1.15 bits per heavy atom. The first kappa shape index (κ1) is 21.6. The van der Waals surface area contributed by atoms with E-state index in [0.717, 1.165) is 22.4 Å². The van der Waals surface area contributed by atoms with E-state index >= 15 is 0 Å². The second kappa shape index (κ2) is 10.5. The van der Waals surface area contributed by atoms with Crippen LogP contribution in [0.1, 0.15) is 13.8 Å². The minimum atomic E-state index is -0.125. The first-order valence-corrected chi connectivity index (χ1v) is 7.79. The first-order valence-electron chi connectivity index (χ1n) is 7.79. The molecule has 0 aliphatic heterocycles. The fourth-order valence-electron chi connectivity index (χ4n) is 2.31. The number of hydrogen-bond donors (Lipinski definition) is 1. The van der Waals surface area contributed by atoms with E-state index in [1.165, 1.54) is 25.3 Å². The van der Waals surface area contributed by atoms with Crippen molar-refractivity contribution in [1.82, 2.24) is 4.98 Å². The van der Waals surface area contributed by atoms with Gasteiger partial charge in [-0.05, 0) is 36.4 Å². The molecule has 0 unspecified atom stereocenters. The summed E-state index contributed by atoms with van der Waals surface area (Å²) in [6.07, 6.45) is 3.00. The number of benzene rings is 2. The number of aromatic nitrogens is 1. The molecule has 0 atom stereocenters. The summed E-state index contributed by atoms with van der Waals surface area (Å²) in [6, 6.07) is 19.2. The van der Waals surface area contributed by atoms with Crippen LogP contribution >= 0.6 is 0 Å². The van der Waals surface area contributed by atoms with Gasteiger partial charge in [-0.1, -0.05) is 24.3 Å². The molecule has 0 bridgehead atoms. The molecule has 3 aromatic rings. The Balaban J connectivity index is 0.000000366. The summed E-state index contributed by atoms with van der Waals surface area (Å²) in [7, 11) is 1.65. The number of aliphatic hydroxyl groups excluding tert-OH is 1. The first-order chi connectivity index (χ1) is 12.0. The monoisotopic (exact) mass is 527 g/mol. The zero-order valence-electron chi connectivity index (χ0n) is 14.8. The summed E-state index contributed by atoms with van der Waals surface area (Å²) in [6.45, 7) is 2.85. The zero-order valence-corrected chi connectivity index (χ0v) is 17.2. The molecule has 0 saturated heterocycles. The van der Waals surface area contributed by atoms with E-state index in [-0.39, 0.29) is 31.6 Å². The smallest absolute Gasteiger partial charge is 0.155 e. The molecule has 137 valence electrons. The van der Waals surface area contributed by atoms with Crippen molar-refractivity contribution in [1.29, 1.82) is 0 Å². The summed E-state index contributed by atoms with van der Waals surface area (Å²) in [5, 5.41) is 10.7. The Morgan fingerprint density at radius 3 is 2.42 bits per heavy atom. The van der Waals surface area contributed by atoms with Crippen molar-refractivity contribution in [2.45, 2.75) is 13.8 Å². The topological polar surface area (TPSA) is 59.4 Å². The quantitative estimate of drug-likeness (QED) is 0.304. The molecular weight excluding hydrogens is 506 g/mol. The van der Waals surface area contributed by atoms with E-state index in [1.807, 2.05) is 42.6 Å². The van der Waals surface area contributed by atoms with E-state index in [1.54, 1.807) is 7.11 Å². The average molecular weight is 527 g/mol. The molecule has 0 fully saturated rings. The van der Waals surface area contributed by atoms with Crippen LogP contribution in [-0.4, -0.2) is 23.0 Å². The number of carbonyl (C=O) groups is 1. The number of ether oxygens (including phenoxy) is 1. The van der Waals surface area contributed by atoms with Gasteiger partial charge in [-0.3, -0.25) is 4.79 Å². The summed E-state index contributed by atoms with van der Waals surface area (Å²) in [5.74, 6) is 0.742. The second-order valence-corrected chi connectivity index (χ2v) is 5.42. The third-order valence-corrected chi connectivity index (χ3v) is 3.36. The van der Waals surface area contributed by atoms with Gasteiger partial charge in [-0.2, -0.15) is 0 Å². The molecule has 1 N–H and O–H groups in total. The third kappa shape index (κ3) is 6.10. The van der Waals surface area contributed by atoms with E-state index in [2.05, 4.69) is 23.2 Å². The summed E-state index contributed by atoms with van der Waals surface area (Å²) in [4.78, 5) is 14.5. The van der Waals surface area contributed by atoms with Gasteiger partial charge in [0.1, 0.15) is 0 Å². The van der Waals surface area contributed by atoms with Crippen molar-refractivity contribution >= 4 is 16.6 Å². The molecular formula is C21H20IrNO3-. The van der Waals surface area contributed by atoms with E-state index in [0.29, 0.717) is 0 Å². The number of nitrogens with zero attached hydrogens (tertiary/aromatic N) is 1. The normalized spacial score (nSPS) is 10.3. The molecule has 26 heavy (non-hydrogen) atoms. The second-order valence-electron chi connectivity index (χ2n) is 5.42. The van der Waals surface area contributed by atoms with Gasteiger partial charge in [-0.25, -0.2) is 0 Å². The molecule has 1 radical (unpaired) electrons. The van der Waals surface area contributed by atoms with Crippen molar-refractivity contribution in [3.63, 3.8) is 0 Å². The average Bonchev–Trinajstić information content (AvgIpc) is 2.61. The third-order valence-electron chi connectivity index (χ3n) is 3.36. The predicted octanol–water partition coefficient (Wildman–Crippen LogP) is 4.75. The van der Waals surface area contributed by atoms with Gasteiger partial charge in [0.25, 0.3) is 0 Å². The Bertz CT molecular complexity index is 880. The summed E-state index contributed by atoms with van der Waals surface area (Å²) < 4.78 is 5.14.